The molecular weight excluding hydrogens is 328 g/mol. The van der Waals surface area contributed by atoms with Crippen molar-refractivity contribution in [3.05, 3.63) is 35.4 Å². The van der Waals surface area contributed by atoms with Crippen molar-refractivity contribution in [2.45, 2.75) is 122 Å². The van der Waals surface area contributed by atoms with E-state index in [4.69, 9.17) is 0 Å². The molecule has 0 aliphatic rings. The zero-order valence-corrected chi connectivity index (χ0v) is 18.1. The highest BCUT2D eigenvalue weighted by Crippen LogP contribution is 2.27. The summed E-state index contributed by atoms with van der Waals surface area (Å²) >= 11 is 0. The van der Waals surface area contributed by atoms with E-state index in [1.807, 2.05) is 0 Å². The van der Waals surface area contributed by atoms with Crippen molar-refractivity contribution < 1.29 is 4.79 Å². The number of unbranched alkanes of at least 4 members (excludes halogenated alkanes) is 10. The first-order chi connectivity index (χ1) is 13.3. The van der Waals surface area contributed by atoms with Crippen molar-refractivity contribution in [3.8, 4) is 0 Å². The number of carbonyl (C=O) groups excluding carboxylic acids is 1. The molecule has 0 aliphatic carbocycles. The van der Waals surface area contributed by atoms with Crippen LogP contribution < -0.4 is 0 Å². The quantitative estimate of drug-likeness (QED) is 0.237. The monoisotopic (exact) mass is 371 g/mol. The van der Waals surface area contributed by atoms with Crippen molar-refractivity contribution in [2.75, 3.05) is 0 Å². The fraction of sp³-hybridized carbons (Fsp3) is 0.731. The van der Waals surface area contributed by atoms with Gasteiger partial charge in [-0.2, -0.15) is 0 Å². The lowest BCUT2D eigenvalue weighted by atomic mass is 9.88. The molecule has 0 fully saturated rings. The van der Waals surface area contributed by atoms with E-state index < -0.39 is 0 Å². The van der Waals surface area contributed by atoms with Gasteiger partial charge in [-0.25, -0.2) is 0 Å². The Balaban J connectivity index is 2.32. The van der Waals surface area contributed by atoms with E-state index in [2.05, 4.69) is 44.4 Å². The van der Waals surface area contributed by atoms with E-state index in [0.29, 0.717) is 12.3 Å². The van der Waals surface area contributed by atoms with Gasteiger partial charge in [0, 0.05) is 6.42 Å². The lowest BCUT2D eigenvalue weighted by Crippen LogP contribution is -2.00. The van der Waals surface area contributed by atoms with E-state index in [0.717, 1.165) is 6.42 Å². The van der Waals surface area contributed by atoms with Crippen molar-refractivity contribution in [1.29, 1.82) is 0 Å². The van der Waals surface area contributed by atoms with Gasteiger partial charge in [-0.3, -0.25) is 4.79 Å². The largest absolute Gasteiger partial charge is 0.291 e. The molecule has 27 heavy (non-hydrogen) atoms. The summed E-state index contributed by atoms with van der Waals surface area (Å²) in [6.45, 7) is 4.53. The normalized spacial score (nSPS) is 12.2. The van der Waals surface area contributed by atoms with Crippen LogP contribution in [0.1, 0.15) is 127 Å². The van der Waals surface area contributed by atoms with Crippen LogP contribution in [-0.4, -0.2) is 6.29 Å². The Kier molecular flexibility index (Phi) is 15.1. The second-order valence-electron chi connectivity index (χ2n) is 8.20. The SMILES string of the molecule is CCCCCCCCCCc1ccc(C(CC[C]=O)CCCCCC)cc1. The van der Waals surface area contributed by atoms with Crippen LogP contribution in [0.25, 0.3) is 0 Å². The Morgan fingerprint density at radius 2 is 1.26 bits per heavy atom. The van der Waals surface area contributed by atoms with Gasteiger partial charge in [-0.05, 0) is 42.7 Å². The van der Waals surface area contributed by atoms with Crippen LogP contribution in [-0.2, 0) is 11.2 Å². The summed E-state index contributed by atoms with van der Waals surface area (Å²) in [5, 5.41) is 0. The topological polar surface area (TPSA) is 17.1 Å². The standard InChI is InChI=1S/C26H43O/c1-3-5-7-9-10-11-12-13-16-24-19-21-26(22-20-24)25(18-15-23-27)17-14-8-6-4-2/h19-22,25H,3-18H2,1-2H3. The molecule has 1 heteroatoms. The number of rotatable bonds is 18. The molecule has 0 bridgehead atoms. The summed E-state index contributed by atoms with van der Waals surface area (Å²) in [6, 6.07) is 9.27. The highest BCUT2D eigenvalue weighted by atomic mass is 16.1. The molecule has 1 radical (unpaired) electrons. The number of hydrogen-bond acceptors (Lipinski definition) is 1. The van der Waals surface area contributed by atoms with Crippen LogP contribution in [0.5, 0.6) is 0 Å². The number of benzene rings is 1. The Bertz CT molecular complexity index is 448. The Labute approximate surface area is 169 Å². The summed E-state index contributed by atoms with van der Waals surface area (Å²) in [5.41, 5.74) is 2.89. The highest BCUT2D eigenvalue weighted by molar-refractivity contribution is 5.50. The third-order valence-electron chi connectivity index (χ3n) is 5.77. The van der Waals surface area contributed by atoms with E-state index in [1.54, 1.807) is 0 Å². The van der Waals surface area contributed by atoms with Crippen LogP contribution >= 0.6 is 0 Å². The van der Waals surface area contributed by atoms with Gasteiger partial charge >= 0.3 is 0 Å². The third kappa shape index (κ3) is 12.1. The van der Waals surface area contributed by atoms with Gasteiger partial charge in [0.2, 0.25) is 0 Å². The zero-order valence-electron chi connectivity index (χ0n) is 18.1. The van der Waals surface area contributed by atoms with E-state index in [-0.39, 0.29) is 0 Å². The highest BCUT2D eigenvalue weighted by Gasteiger charge is 2.11. The molecule has 1 rings (SSSR count). The Hall–Kier alpha value is -1.11. The minimum Gasteiger partial charge on any atom is -0.291 e. The van der Waals surface area contributed by atoms with Gasteiger partial charge in [-0.1, -0.05) is 109 Å². The average molecular weight is 372 g/mol. The molecule has 0 amide bonds. The molecule has 0 N–H and O–H groups in total. The summed E-state index contributed by atoms with van der Waals surface area (Å²) < 4.78 is 0. The maximum absolute atomic E-state index is 10.7. The van der Waals surface area contributed by atoms with Gasteiger partial charge in [0.15, 0.2) is 6.29 Å². The van der Waals surface area contributed by atoms with E-state index in [9.17, 15) is 4.79 Å². The summed E-state index contributed by atoms with van der Waals surface area (Å²) in [7, 11) is 0. The second kappa shape index (κ2) is 17.0. The summed E-state index contributed by atoms with van der Waals surface area (Å²) in [4.78, 5) is 10.7. The fourth-order valence-corrected chi connectivity index (χ4v) is 3.95. The predicted octanol–water partition coefficient (Wildman–Crippen LogP) is 8.31. The number of aryl methyl sites for hydroxylation is 1. The first kappa shape index (κ1) is 23.9. The fourth-order valence-electron chi connectivity index (χ4n) is 3.95. The van der Waals surface area contributed by atoms with E-state index >= 15 is 0 Å². The van der Waals surface area contributed by atoms with Crippen molar-refractivity contribution in [3.63, 3.8) is 0 Å². The molecule has 0 saturated carbocycles. The van der Waals surface area contributed by atoms with Gasteiger partial charge in [-0.15, -0.1) is 0 Å². The van der Waals surface area contributed by atoms with Gasteiger partial charge in [0.05, 0.1) is 0 Å². The molecule has 0 aromatic heterocycles. The maximum Gasteiger partial charge on any atom is 0.198 e. The minimum absolute atomic E-state index is 0.528. The molecule has 1 aromatic rings. The molecule has 0 saturated heterocycles. The molecule has 0 spiro atoms. The van der Waals surface area contributed by atoms with Gasteiger partial charge < -0.3 is 0 Å². The van der Waals surface area contributed by atoms with Crippen molar-refractivity contribution in [1.82, 2.24) is 0 Å². The average Bonchev–Trinajstić information content (AvgIpc) is 2.70. The summed E-state index contributed by atoms with van der Waals surface area (Å²) in [6.07, 6.45) is 22.3. The first-order valence-electron chi connectivity index (χ1n) is 11.8. The predicted molar refractivity (Wildman–Crippen MR) is 119 cm³/mol. The second-order valence-corrected chi connectivity index (χ2v) is 8.20. The third-order valence-corrected chi connectivity index (χ3v) is 5.77. The maximum atomic E-state index is 10.7. The van der Waals surface area contributed by atoms with Crippen LogP contribution in [0.4, 0.5) is 0 Å². The Morgan fingerprint density at radius 1 is 0.704 bits per heavy atom. The molecule has 0 heterocycles. The van der Waals surface area contributed by atoms with Crippen LogP contribution in [0, 0.1) is 0 Å². The lowest BCUT2D eigenvalue weighted by Gasteiger charge is -2.17. The molecule has 1 nitrogen and oxygen atoms in total. The lowest BCUT2D eigenvalue weighted by molar-refractivity contribution is 0.513. The molecule has 1 unspecified atom stereocenters. The molecular formula is C26H43O. The van der Waals surface area contributed by atoms with Gasteiger partial charge in [0.1, 0.15) is 0 Å². The molecule has 153 valence electrons. The van der Waals surface area contributed by atoms with Crippen LogP contribution in [0.2, 0.25) is 0 Å². The first-order valence-corrected chi connectivity index (χ1v) is 11.8. The number of hydrogen-bond donors (Lipinski definition) is 0. The molecule has 0 aliphatic heterocycles. The smallest absolute Gasteiger partial charge is 0.198 e. The van der Waals surface area contributed by atoms with Gasteiger partial charge in [0.25, 0.3) is 0 Å². The van der Waals surface area contributed by atoms with Crippen LogP contribution in [0.15, 0.2) is 24.3 Å². The summed E-state index contributed by atoms with van der Waals surface area (Å²) in [5.74, 6) is 0.528. The van der Waals surface area contributed by atoms with Crippen molar-refractivity contribution >= 4 is 6.29 Å². The molecule has 1 atom stereocenters. The molecule has 1 aromatic carbocycles. The zero-order chi connectivity index (χ0) is 19.6. The van der Waals surface area contributed by atoms with Crippen LogP contribution in [0.3, 0.4) is 0 Å². The Morgan fingerprint density at radius 3 is 1.85 bits per heavy atom. The van der Waals surface area contributed by atoms with E-state index in [1.165, 1.54) is 101 Å². The minimum atomic E-state index is 0.528. The van der Waals surface area contributed by atoms with Crippen molar-refractivity contribution in [2.24, 2.45) is 0 Å².